The van der Waals surface area contributed by atoms with Crippen LogP contribution in [0.1, 0.15) is 53.2 Å². The van der Waals surface area contributed by atoms with Gasteiger partial charge in [0.15, 0.2) is 0 Å². The molecule has 1 atom stereocenters. The molecule has 1 heterocycles. The van der Waals surface area contributed by atoms with Gasteiger partial charge in [0.2, 0.25) is 0 Å². The Bertz CT molecular complexity index is 603. The summed E-state index contributed by atoms with van der Waals surface area (Å²) in [7, 11) is 0. The molecule has 2 aromatic rings. The number of benzene rings is 1. The van der Waals surface area contributed by atoms with Crippen LogP contribution in [0.15, 0.2) is 23.6 Å². The molecule has 1 unspecified atom stereocenters. The maximum atomic E-state index is 4.64. The van der Waals surface area contributed by atoms with Crippen molar-refractivity contribution in [2.45, 2.75) is 52.0 Å². The molecule has 3 rings (SSSR count). The smallest absolute Gasteiger partial charge is 0.0947 e. The zero-order valence-corrected chi connectivity index (χ0v) is 13.8. The molecule has 1 N–H and O–H groups in total. The van der Waals surface area contributed by atoms with Gasteiger partial charge in [-0.3, -0.25) is 0 Å². The Balaban J connectivity index is 1.80. The van der Waals surface area contributed by atoms with Crippen molar-refractivity contribution >= 4 is 11.3 Å². The van der Waals surface area contributed by atoms with E-state index in [2.05, 4.69) is 47.7 Å². The first-order valence-electron chi connectivity index (χ1n) is 8.02. The van der Waals surface area contributed by atoms with Crippen LogP contribution in [0.3, 0.4) is 0 Å². The van der Waals surface area contributed by atoms with E-state index in [0.717, 1.165) is 18.7 Å². The largest absolute Gasteiger partial charge is 0.310 e. The molecule has 0 bridgehead atoms. The van der Waals surface area contributed by atoms with Crippen LogP contribution in [0.2, 0.25) is 0 Å². The van der Waals surface area contributed by atoms with Gasteiger partial charge in [-0.05, 0) is 55.8 Å². The zero-order chi connectivity index (χ0) is 14.7. The van der Waals surface area contributed by atoms with E-state index in [1.807, 2.05) is 0 Å². The van der Waals surface area contributed by atoms with Crippen LogP contribution < -0.4 is 5.32 Å². The second-order valence-corrected chi connectivity index (χ2v) is 6.92. The maximum absolute atomic E-state index is 4.64. The van der Waals surface area contributed by atoms with Gasteiger partial charge in [0, 0.05) is 23.5 Å². The third kappa shape index (κ3) is 3.53. The van der Waals surface area contributed by atoms with Crippen molar-refractivity contribution < 1.29 is 0 Å². The molecular formula is C18H24N2S. The molecule has 0 amide bonds. The molecule has 0 aliphatic heterocycles. The van der Waals surface area contributed by atoms with Crippen molar-refractivity contribution in [1.82, 2.24) is 10.3 Å². The minimum atomic E-state index is 0.390. The van der Waals surface area contributed by atoms with E-state index in [0.29, 0.717) is 6.04 Å². The van der Waals surface area contributed by atoms with Gasteiger partial charge in [0.1, 0.15) is 0 Å². The third-order valence-electron chi connectivity index (χ3n) is 4.21. The molecule has 3 heteroatoms. The highest BCUT2D eigenvalue weighted by Gasteiger charge is 2.17. The number of hydrogen-bond donors (Lipinski definition) is 1. The van der Waals surface area contributed by atoms with Crippen LogP contribution in [-0.4, -0.2) is 11.5 Å². The van der Waals surface area contributed by atoms with Gasteiger partial charge in [0.05, 0.1) is 5.01 Å². The number of aromatic nitrogens is 1. The monoisotopic (exact) mass is 300 g/mol. The van der Waals surface area contributed by atoms with Gasteiger partial charge < -0.3 is 5.32 Å². The highest BCUT2D eigenvalue weighted by molar-refractivity contribution is 7.09. The zero-order valence-electron chi connectivity index (χ0n) is 13.0. The summed E-state index contributed by atoms with van der Waals surface area (Å²) in [4.78, 5) is 4.64. The number of nitrogens with zero attached hydrogens (tertiary/aromatic N) is 1. The average Bonchev–Trinajstić information content (AvgIpc) is 3.11. The van der Waals surface area contributed by atoms with Gasteiger partial charge in [-0.1, -0.05) is 25.1 Å². The van der Waals surface area contributed by atoms with Crippen molar-refractivity contribution in [3.63, 3.8) is 0 Å². The third-order valence-corrected chi connectivity index (χ3v) is 5.20. The Morgan fingerprint density at radius 3 is 2.90 bits per heavy atom. The molecular weight excluding hydrogens is 276 g/mol. The topological polar surface area (TPSA) is 24.9 Å². The lowest BCUT2D eigenvalue weighted by molar-refractivity contribution is 0.527. The number of fused-ring (bicyclic) bond motifs is 1. The Kier molecular flexibility index (Phi) is 4.71. The molecule has 0 saturated carbocycles. The fraction of sp³-hybridized carbons (Fsp3) is 0.500. The first-order valence-corrected chi connectivity index (χ1v) is 8.90. The predicted octanol–water partition coefficient (Wildman–Crippen LogP) is 4.22. The van der Waals surface area contributed by atoms with Gasteiger partial charge in [-0.15, -0.1) is 11.3 Å². The molecule has 1 aliphatic rings. The van der Waals surface area contributed by atoms with Gasteiger partial charge >= 0.3 is 0 Å². The van der Waals surface area contributed by atoms with E-state index >= 15 is 0 Å². The van der Waals surface area contributed by atoms with E-state index in [1.165, 1.54) is 36.3 Å². The van der Waals surface area contributed by atoms with Crippen molar-refractivity contribution in [2.75, 3.05) is 6.54 Å². The van der Waals surface area contributed by atoms with Crippen LogP contribution in [0.25, 0.3) is 0 Å². The van der Waals surface area contributed by atoms with Crippen LogP contribution in [-0.2, 0) is 19.3 Å². The van der Waals surface area contributed by atoms with Crippen LogP contribution in [0.5, 0.6) is 0 Å². The number of nitrogens with one attached hydrogen (secondary N) is 1. The van der Waals surface area contributed by atoms with E-state index < -0.39 is 0 Å². The lowest BCUT2D eigenvalue weighted by atomic mass is 9.99. The maximum Gasteiger partial charge on any atom is 0.0947 e. The summed E-state index contributed by atoms with van der Waals surface area (Å²) in [5.74, 6) is 0. The Labute approximate surface area is 131 Å². The Hall–Kier alpha value is -1.19. The second-order valence-electron chi connectivity index (χ2n) is 5.98. The van der Waals surface area contributed by atoms with Crippen molar-refractivity contribution in [1.29, 1.82) is 0 Å². The average molecular weight is 300 g/mol. The molecule has 1 aromatic carbocycles. The summed E-state index contributed by atoms with van der Waals surface area (Å²) in [6, 6.07) is 7.47. The van der Waals surface area contributed by atoms with Crippen molar-refractivity contribution in [3.05, 3.63) is 51.0 Å². The summed E-state index contributed by atoms with van der Waals surface area (Å²) in [5.41, 5.74) is 5.68. The number of rotatable bonds is 6. The predicted molar refractivity (Wildman–Crippen MR) is 90.1 cm³/mol. The van der Waals surface area contributed by atoms with Gasteiger partial charge in [-0.25, -0.2) is 4.98 Å². The van der Waals surface area contributed by atoms with E-state index in [-0.39, 0.29) is 0 Å². The molecule has 1 aliphatic carbocycles. The lowest BCUT2D eigenvalue weighted by Crippen LogP contribution is -2.24. The highest BCUT2D eigenvalue weighted by Crippen LogP contribution is 2.27. The summed E-state index contributed by atoms with van der Waals surface area (Å²) in [5, 5.41) is 7.09. The van der Waals surface area contributed by atoms with Gasteiger partial charge in [0.25, 0.3) is 0 Å². The first-order chi connectivity index (χ1) is 10.3. The lowest BCUT2D eigenvalue weighted by Gasteiger charge is -2.19. The summed E-state index contributed by atoms with van der Waals surface area (Å²) < 4.78 is 0. The summed E-state index contributed by atoms with van der Waals surface area (Å²) in [6.07, 6.45) is 5.99. The van der Waals surface area contributed by atoms with E-state index in [4.69, 9.17) is 0 Å². The van der Waals surface area contributed by atoms with Crippen molar-refractivity contribution in [2.24, 2.45) is 0 Å². The number of hydrogen-bond acceptors (Lipinski definition) is 3. The van der Waals surface area contributed by atoms with Crippen LogP contribution in [0, 0.1) is 6.92 Å². The van der Waals surface area contributed by atoms with Crippen LogP contribution in [0.4, 0.5) is 0 Å². The first kappa shape index (κ1) is 14.7. The number of aryl methyl sites for hydroxylation is 3. The Morgan fingerprint density at radius 2 is 2.14 bits per heavy atom. The highest BCUT2D eigenvalue weighted by atomic mass is 32.1. The van der Waals surface area contributed by atoms with E-state index in [9.17, 15) is 0 Å². The minimum Gasteiger partial charge on any atom is -0.310 e. The fourth-order valence-electron chi connectivity index (χ4n) is 3.11. The van der Waals surface area contributed by atoms with E-state index in [1.54, 1.807) is 22.5 Å². The molecule has 0 radical (unpaired) electrons. The SMILES string of the molecule is CCCNC(Cc1nc(C)cs1)c1ccc2c(c1)CCC2. The van der Waals surface area contributed by atoms with Crippen molar-refractivity contribution in [3.8, 4) is 0 Å². The molecule has 2 nitrogen and oxygen atoms in total. The summed E-state index contributed by atoms with van der Waals surface area (Å²) >= 11 is 1.78. The minimum absolute atomic E-state index is 0.390. The van der Waals surface area contributed by atoms with Gasteiger partial charge in [-0.2, -0.15) is 0 Å². The molecule has 1 aromatic heterocycles. The normalized spacial score (nSPS) is 15.1. The molecule has 112 valence electrons. The second kappa shape index (κ2) is 6.71. The quantitative estimate of drug-likeness (QED) is 0.864. The fourth-order valence-corrected chi connectivity index (χ4v) is 3.92. The van der Waals surface area contributed by atoms with Crippen LogP contribution >= 0.6 is 11.3 Å². The standard InChI is InChI=1S/C18H24N2S/c1-3-9-19-17(11-18-20-13(2)12-21-18)16-8-7-14-5-4-6-15(14)10-16/h7-8,10,12,17,19H,3-6,9,11H2,1-2H3. The summed E-state index contributed by atoms with van der Waals surface area (Å²) in [6.45, 7) is 5.36. The molecule has 21 heavy (non-hydrogen) atoms. The number of thiazole rings is 1. The molecule has 0 spiro atoms. The molecule has 0 fully saturated rings. The molecule has 0 saturated heterocycles. The Morgan fingerprint density at radius 1 is 1.29 bits per heavy atom.